The Morgan fingerprint density at radius 1 is 1.14 bits per heavy atom. The van der Waals surface area contributed by atoms with Crippen molar-refractivity contribution in [2.75, 3.05) is 31.1 Å². The number of amides is 1. The number of rotatable bonds is 5. The number of fused-ring (bicyclic) bond motifs is 1. The van der Waals surface area contributed by atoms with Gasteiger partial charge >= 0.3 is 6.18 Å². The molecule has 0 atom stereocenters. The Labute approximate surface area is 201 Å². The van der Waals surface area contributed by atoms with Gasteiger partial charge in [-0.25, -0.2) is 4.98 Å². The van der Waals surface area contributed by atoms with E-state index in [2.05, 4.69) is 28.9 Å². The molecule has 0 spiro atoms. The Morgan fingerprint density at radius 3 is 2.66 bits per heavy atom. The van der Waals surface area contributed by atoms with E-state index in [0.29, 0.717) is 61.1 Å². The summed E-state index contributed by atoms with van der Waals surface area (Å²) in [5, 5.41) is 4.63. The average molecular weight is 488 g/mol. The molecule has 1 aliphatic carbocycles. The second-order valence-corrected chi connectivity index (χ2v) is 9.79. The fraction of sp³-hybridized carbons (Fsp3) is 0.520. The second-order valence-electron chi connectivity index (χ2n) is 9.79. The van der Waals surface area contributed by atoms with E-state index < -0.39 is 11.7 Å². The number of hydrogen-bond donors (Lipinski definition) is 0. The van der Waals surface area contributed by atoms with E-state index in [1.807, 2.05) is 4.90 Å². The molecule has 1 amide bonds. The first kappa shape index (κ1) is 23.6. The third kappa shape index (κ3) is 4.97. The van der Waals surface area contributed by atoms with Crippen molar-refractivity contribution in [3.63, 3.8) is 0 Å². The summed E-state index contributed by atoms with van der Waals surface area (Å²) in [7, 11) is 0. The summed E-state index contributed by atoms with van der Waals surface area (Å²) >= 11 is 0. The van der Waals surface area contributed by atoms with Crippen LogP contribution in [0.2, 0.25) is 0 Å². The van der Waals surface area contributed by atoms with Gasteiger partial charge in [-0.3, -0.25) is 4.79 Å². The van der Waals surface area contributed by atoms with Gasteiger partial charge in [0.25, 0.3) is 5.71 Å². The van der Waals surface area contributed by atoms with E-state index in [9.17, 15) is 18.0 Å². The summed E-state index contributed by atoms with van der Waals surface area (Å²) in [4.78, 5) is 26.0. The van der Waals surface area contributed by atoms with Gasteiger partial charge in [-0.15, -0.1) is 0 Å². The maximum Gasteiger partial charge on any atom is 0.416 e. The molecular weight excluding hydrogens is 459 g/mol. The zero-order valence-corrected chi connectivity index (χ0v) is 19.8. The standard InChI is InChI=1S/C25H28F3N5O2/c1-15(2)13-19-29-22(32-9-4-10-33(12-11-32)24(34)16-7-8-16)20-21(31-35-23(20)30-19)17-5-3-6-18(14-17)25(26,27)28/h3,5-6,14-16H,4,7-13H2,1-2H3. The number of halogens is 3. The van der Waals surface area contributed by atoms with Crippen LogP contribution in [0.15, 0.2) is 28.8 Å². The summed E-state index contributed by atoms with van der Waals surface area (Å²) in [5.41, 5.74) is 0.0787. The number of alkyl halides is 3. The lowest BCUT2D eigenvalue weighted by Gasteiger charge is -2.24. The SMILES string of the molecule is CC(C)Cc1nc(N2CCCN(C(=O)C3CC3)CC2)c2c(-c3cccc(C(F)(F)F)c3)noc2n1. The van der Waals surface area contributed by atoms with Crippen molar-refractivity contribution in [3.8, 4) is 11.3 Å². The van der Waals surface area contributed by atoms with Gasteiger partial charge < -0.3 is 14.3 Å². The lowest BCUT2D eigenvalue weighted by atomic mass is 10.1. The molecule has 3 aromatic rings. The second kappa shape index (κ2) is 9.13. The lowest BCUT2D eigenvalue weighted by Crippen LogP contribution is -2.36. The highest BCUT2D eigenvalue weighted by atomic mass is 19.4. The van der Waals surface area contributed by atoms with Crippen molar-refractivity contribution in [1.29, 1.82) is 0 Å². The molecule has 1 aromatic carbocycles. The molecule has 1 saturated heterocycles. The van der Waals surface area contributed by atoms with E-state index in [0.717, 1.165) is 31.4 Å². The quantitative estimate of drug-likeness (QED) is 0.507. The third-order valence-corrected chi connectivity index (χ3v) is 6.45. The Bertz CT molecular complexity index is 1240. The van der Waals surface area contributed by atoms with Gasteiger partial charge in [-0.1, -0.05) is 31.1 Å². The maximum atomic E-state index is 13.4. The van der Waals surface area contributed by atoms with E-state index in [1.165, 1.54) is 6.07 Å². The highest BCUT2D eigenvalue weighted by Crippen LogP contribution is 2.37. The zero-order chi connectivity index (χ0) is 24.7. The van der Waals surface area contributed by atoms with Crippen LogP contribution in [0.3, 0.4) is 0 Å². The average Bonchev–Trinajstić information content (AvgIpc) is 3.61. The van der Waals surface area contributed by atoms with Crippen LogP contribution >= 0.6 is 0 Å². The van der Waals surface area contributed by atoms with E-state index in [-0.39, 0.29) is 23.2 Å². The predicted molar refractivity (Wildman–Crippen MR) is 125 cm³/mol. The van der Waals surface area contributed by atoms with Crippen molar-refractivity contribution in [2.24, 2.45) is 11.8 Å². The summed E-state index contributed by atoms with van der Waals surface area (Å²) < 4.78 is 45.6. The molecule has 0 unspecified atom stereocenters. The van der Waals surface area contributed by atoms with Crippen LogP contribution in [0.1, 0.15) is 44.5 Å². The van der Waals surface area contributed by atoms with Crippen LogP contribution in [-0.4, -0.2) is 52.1 Å². The summed E-state index contributed by atoms with van der Waals surface area (Å²) in [5.74, 6) is 1.89. The molecule has 2 aromatic heterocycles. The normalized spacial score (nSPS) is 17.3. The van der Waals surface area contributed by atoms with Crippen LogP contribution in [0, 0.1) is 11.8 Å². The number of benzene rings is 1. The van der Waals surface area contributed by atoms with Crippen LogP contribution in [0.5, 0.6) is 0 Å². The van der Waals surface area contributed by atoms with E-state index in [4.69, 9.17) is 9.51 Å². The number of hydrogen-bond acceptors (Lipinski definition) is 6. The largest absolute Gasteiger partial charge is 0.416 e. The summed E-state index contributed by atoms with van der Waals surface area (Å²) in [6, 6.07) is 5.04. The summed E-state index contributed by atoms with van der Waals surface area (Å²) in [6.45, 7) is 6.62. The zero-order valence-electron chi connectivity index (χ0n) is 19.8. The number of anilines is 1. The van der Waals surface area contributed by atoms with Gasteiger partial charge in [0.15, 0.2) is 0 Å². The molecule has 35 heavy (non-hydrogen) atoms. The third-order valence-electron chi connectivity index (χ3n) is 6.45. The molecule has 0 radical (unpaired) electrons. The monoisotopic (exact) mass is 487 g/mol. The first-order valence-electron chi connectivity index (χ1n) is 12.1. The maximum absolute atomic E-state index is 13.4. The number of aromatic nitrogens is 3. The van der Waals surface area contributed by atoms with Crippen molar-refractivity contribution in [2.45, 2.75) is 45.7 Å². The predicted octanol–water partition coefficient (Wildman–Crippen LogP) is 4.95. The molecule has 0 bridgehead atoms. The van der Waals surface area contributed by atoms with Gasteiger partial charge in [0.1, 0.15) is 22.7 Å². The first-order chi connectivity index (χ1) is 16.7. The number of nitrogens with zero attached hydrogens (tertiary/aromatic N) is 5. The molecule has 10 heteroatoms. The minimum atomic E-state index is -4.47. The number of carbonyl (C=O) groups is 1. The summed E-state index contributed by atoms with van der Waals surface area (Å²) in [6.07, 6.45) is -1.14. The Balaban J connectivity index is 1.56. The van der Waals surface area contributed by atoms with E-state index in [1.54, 1.807) is 6.07 Å². The van der Waals surface area contributed by atoms with Crippen molar-refractivity contribution in [1.82, 2.24) is 20.0 Å². The molecule has 7 nitrogen and oxygen atoms in total. The Kier molecular flexibility index (Phi) is 6.14. The smallest absolute Gasteiger partial charge is 0.354 e. The Morgan fingerprint density at radius 2 is 1.94 bits per heavy atom. The van der Waals surface area contributed by atoms with Gasteiger partial charge in [-0.05, 0) is 37.3 Å². The van der Waals surface area contributed by atoms with Crippen molar-refractivity contribution >= 4 is 22.8 Å². The van der Waals surface area contributed by atoms with Crippen molar-refractivity contribution in [3.05, 3.63) is 35.7 Å². The molecule has 1 aliphatic heterocycles. The molecule has 5 rings (SSSR count). The van der Waals surface area contributed by atoms with Crippen LogP contribution in [-0.2, 0) is 17.4 Å². The van der Waals surface area contributed by atoms with Crippen molar-refractivity contribution < 1.29 is 22.5 Å². The minimum absolute atomic E-state index is 0.163. The lowest BCUT2D eigenvalue weighted by molar-refractivity contribution is -0.137. The van der Waals surface area contributed by atoms with Crippen LogP contribution in [0.25, 0.3) is 22.4 Å². The molecule has 0 N–H and O–H groups in total. The minimum Gasteiger partial charge on any atom is -0.354 e. The fourth-order valence-electron chi connectivity index (χ4n) is 4.54. The van der Waals surface area contributed by atoms with Crippen LogP contribution < -0.4 is 4.90 Å². The van der Waals surface area contributed by atoms with Gasteiger partial charge in [0, 0.05) is 44.1 Å². The van der Waals surface area contributed by atoms with Gasteiger partial charge in [0.05, 0.1) is 5.56 Å². The molecule has 2 aliphatic rings. The molecule has 1 saturated carbocycles. The first-order valence-corrected chi connectivity index (χ1v) is 12.1. The number of carbonyl (C=O) groups excluding carboxylic acids is 1. The molecular formula is C25H28F3N5O2. The topological polar surface area (TPSA) is 75.4 Å². The Hall–Kier alpha value is -3.17. The fourth-order valence-corrected chi connectivity index (χ4v) is 4.54. The highest BCUT2D eigenvalue weighted by molar-refractivity contribution is 5.98. The van der Waals surface area contributed by atoms with E-state index >= 15 is 0 Å². The van der Waals surface area contributed by atoms with Gasteiger partial charge in [-0.2, -0.15) is 18.2 Å². The van der Waals surface area contributed by atoms with Gasteiger partial charge in [0.2, 0.25) is 5.91 Å². The molecule has 3 heterocycles. The molecule has 186 valence electrons. The van der Waals surface area contributed by atoms with Crippen LogP contribution in [0.4, 0.5) is 19.0 Å². The molecule has 2 fully saturated rings. The highest BCUT2D eigenvalue weighted by Gasteiger charge is 2.35.